The Balaban J connectivity index is 0.00000112. The minimum atomic E-state index is 0. The molecule has 0 bridgehead atoms. The van der Waals surface area contributed by atoms with E-state index in [-0.39, 0.29) is 6.86 Å². The van der Waals surface area contributed by atoms with Crippen LogP contribution in [0.4, 0.5) is 0 Å². The zero-order valence-corrected chi connectivity index (χ0v) is 8.08. The van der Waals surface area contributed by atoms with E-state index in [0.29, 0.717) is 11.0 Å². The van der Waals surface area contributed by atoms with E-state index in [4.69, 9.17) is 0 Å². The van der Waals surface area contributed by atoms with Crippen LogP contribution >= 0.6 is 0 Å². The molecule has 0 saturated heterocycles. The van der Waals surface area contributed by atoms with Crippen LogP contribution in [0.3, 0.4) is 0 Å². The molecule has 0 spiro atoms. The highest BCUT2D eigenvalue weighted by Crippen LogP contribution is 2.05. The summed E-state index contributed by atoms with van der Waals surface area (Å²) in [6, 6.07) is 5.22. The van der Waals surface area contributed by atoms with Crippen molar-refractivity contribution in [2.75, 3.05) is 0 Å². The number of nitrogens with zero attached hydrogens (tertiary/aromatic N) is 1. The predicted molar refractivity (Wildman–Crippen MR) is 58.5 cm³/mol. The van der Waals surface area contributed by atoms with Crippen molar-refractivity contribution in [3.8, 4) is 0 Å². The Bertz CT molecular complexity index is 507. The van der Waals surface area contributed by atoms with E-state index in [0.717, 1.165) is 18.5 Å². The Kier molecular flexibility index (Phi) is 2.31. The van der Waals surface area contributed by atoms with E-state index >= 15 is 0 Å². The summed E-state index contributed by atoms with van der Waals surface area (Å²) in [5, 5.41) is 0.660. The number of aromatic amines is 1. The molecule has 0 amide bonds. The van der Waals surface area contributed by atoms with Gasteiger partial charge in [-0.15, -0.1) is 0 Å². The lowest BCUT2D eigenvalue weighted by Crippen LogP contribution is -2.05. The SMILES string of the molecule is CCCc1cc(=O)c2cccnc2[nH]1.[HH]. The molecule has 2 aromatic heterocycles. The molecule has 14 heavy (non-hydrogen) atoms. The quantitative estimate of drug-likeness (QED) is 0.788. The summed E-state index contributed by atoms with van der Waals surface area (Å²) in [4.78, 5) is 18.9. The number of H-pyrrole nitrogens is 1. The topological polar surface area (TPSA) is 45.8 Å². The van der Waals surface area contributed by atoms with E-state index in [9.17, 15) is 4.79 Å². The first-order chi connectivity index (χ1) is 6.81. The van der Waals surface area contributed by atoms with E-state index in [2.05, 4.69) is 16.9 Å². The Morgan fingerprint density at radius 2 is 2.43 bits per heavy atom. The van der Waals surface area contributed by atoms with E-state index in [1.165, 1.54) is 0 Å². The number of hydrogen-bond donors (Lipinski definition) is 1. The number of nitrogens with one attached hydrogen (secondary N) is 1. The van der Waals surface area contributed by atoms with Crippen LogP contribution in [0.2, 0.25) is 0 Å². The van der Waals surface area contributed by atoms with Gasteiger partial charge in [0.1, 0.15) is 5.65 Å². The van der Waals surface area contributed by atoms with Crippen molar-refractivity contribution in [1.29, 1.82) is 0 Å². The molecule has 0 atom stereocenters. The average Bonchev–Trinajstić information content (AvgIpc) is 2.18. The Morgan fingerprint density at radius 3 is 3.21 bits per heavy atom. The molecule has 0 aliphatic heterocycles. The molecule has 1 N–H and O–H groups in total. The van der Waals surface area contributed by atoms with Crippen molar-refractivity contribution in [2.24, 2.45) is 0 Å². The molecule has 2 heterocycles. The second kappa shape index (κ2) is 3.62. The summed E-state index contributed by atoms with van der Waals surface area (Å²) in [5.74, 6) is 0. The predicted octanol–water partition coefficient (Wildman–Crippen LogP) is 2.12. The van der Waals surface area contributed by atoms with Crippen LogP contribution in [0.1, 0.15) is 20.5 Å². The third-order valence-electron chi connectivity index (χ3n) is 2.18. The van der Waals surface area contributed by atoms with Crippen molar-refractivity contribution in [3.63, 3.8) is 0 Å². The fourth-order valence-electron chi connectivity index (χ4n) is 1.53. The van der Waals surface area contributed by atoms with Gasteiger partial charge in [0, 0.05) is 19.4 Å². The monoisotopic (exact) mass is 190 g/mol. The first-order valence-corrected chi connectivity index (χ1v) is 4.78. The summed E-state index contributed by atoms with van der Waals surface area (Å²) >= 11 is 0. The van der Waals surface area contributed by atoms with Gasteiger partial charge in [0.15, 0.2) is 5.43 Å². The molecular weight excluding hydrogens is 176 g/mol. The van der Waals surface area contributed by atoms with Crippen molar-refractivity contribution in [1.82, 2.24) is 9.97 Å². The van der Waals surface area contributed by atoms with E-state index in [1.54, 1.807) is 24.4 Å². The van der Waals surface area contributed by atoms with Gasteiger partial charge in [-0.1, -0.05) is 13.3 Å². The molecule has 2 aromatic rings. The molecule has 3 nitrogen and oxygen atoms in total. The van der Waals surface area contributed by atoms with Gasteiger partial charge in [0.25, 0.3) is 0 Å². The standard InChI is InChI=1S/C11H12N2O.H2/c1-2-4-8-7-10(14)9-5-3-6-12-11(9)13-8;/h3,5-7H,2,4H2,1H3,(H,12,13,14);1H. The molecule has 0 fully saturated rings. The lowest BCUT2D eigenvalue weighted by Gasteiger charge is -2.01. The molecule has 0 unspecified atom stereocenters. The maximum absolute atomic E-state index is 11.6. The van der Waals surface area contributed by atoms with Crippen molar-refractivity contribution < 1.29 is 1.43 Å². The minimum absolute atomic E-state index is 0. The zero-order valence-electron chi connectivity index (χ0n) is 8.08. The Morgan fingerprint density at radius 1 is 1.57 bits per heavy atom. The molecule has 3 heteroatoms. The smallest absolute Gasteiger partial charge is 0.191 e. The van der Waals surface area contributed by atoms with Crippen LogP contribution in [0.25, 0.3) is 11.0 Å². The van der Waals surface area contributed by atoms with Gasteiger partial charge in [-0.25, -0.2) is 4.98 Å². The lowest BCUT2D eigenvalue weighted by atomic mass is 10.2. The van der Waals surface area contributed by atoms with Gasteiger partial charge >= 0.3 is 0 Å². The maximum Gasteiger partial charge on any atom is 0.191 e. The number of aromatic nitrogens is 2. The number of aryl methyl sites for hydroxylation is 1. The van der Waals surface area contributed by atoms with E-state index in [1.807, 2.05) is 0 Å². The summed E-state index contributed by atoms with van der Waals surface area (Å²) in [6.45, 7) is 2.08. The van der Waals surface area contributed by atoms with Gasteiger partial charge in [-0.2, -0.15) is 0 Å². The first kappa shape index (κ1) is 8.94. The molecule has 0 aromatic carbocycles. The average molecular weight is 190 g/mol. The normalized spacial score (nSPS) is 10.6. The van der Waals surface area contributed by atoms with Crippen molar-refractivity contribution in [2.45, 2.75) is 19.8 Å². The Labute approximate surface area is 83.3 Å². The molecular formula is C11H14N2O. The minimum Gasteiger partial charge on any atom is -0.343 e. The third kappa shape index (κ3) is 1.53. The van der Waals surface area contributed by atoms with Crippen molar-refractivity contribution >= 4 is 11.0 Å². The van der Waals surface area contributed by atoms with Gasteiger partial charge in [-0.3, -0.25) is 4.79 Å². The molecule has 0 saturated carbocycles. The molecule has 0 aliphatic carbocycles. The second-order valence-electron chi connectivity index (χ2n) is 3.31. The maximum atomic E-state index is 11.6. The number of hydrogen-bond acceptors (Lipinski definition) is 2. The highest BCUT2D eigenvalue weighted by atomic mass is 16.1. The lowest BCUT2D eigenvalue weighted by molar-refractivity contribution is 0.885. The number of fused-ring (bicyclic) bond motifs is 1. The van der Waals surface area contributed by atoms with Crippen LogP contribution in [-0.4, -0.2) is 9.97 Å². The summed E-state index contributed by atoms with van der Waals surface area (Å²) in [7, 11) is 0. The van der Waals surface area contributed by atoms with Gasteiger partial charge in [0.2, 0.25) is 0 Å². The molecule has 2 rings (SSSR count). The largest absolute Gasteiger partial charge is 0.343 e. The number of rotatable bonds is 2. The zero-order chi connectivity index (χ0) is 9.97. The number of pyridine rings is 2. The van der Waals surface area contributed by atoms with Gasteiger partial charge < -0.3 is 4.98 Å². The first-order valence-electron chi connectivity index (χ1n) is 4.78. The van der Waals surface area contributed by atoms with Gasteiger partial charge in [0.05, 0.1) is 5.39 Å². The van der Waals surface area contributed by atoms with Crippen molar-refractivity contribution in [3.05, 3.63) is 40.3 Å². The molecule has 0 radical (unpaired) electrons. The van der Waals surface area contributed by atoms with Crippen LogP contribution < -0.4 is 5.43 Å². The fraction of sp³-hybridized carbons (Fsp3) is 0.273. The van der Waals surface area contributed by atoms with Crippen LogP contribution in [-0.2, 0) is 6.42 Å². The second-order valence-corrected chi connectivity index (χ2v) is 3.31. The van der Waals surface area contributed by atoms with Crippen LogP contribution in [0.5, 0.6) is 0 Å². The summed E-state index contributed by atoms with van der Waals surface area (Å²) < 4.78 is 0. The van der Waals surface area contributed by atoms with Crippen LogP contribution in [0.15, 0.2) is 29.2 Å². The van der Waals surface area contributed by atoms with Gasteiger partial charge in [-0.05, 0) is 18.6 Å². The third-order valence-corrected chi connectivity index (χ3v) is 2.18. The molecule has 0 aliphatic rings. The van der Waals surface area contributed by atoms with E-state index < -0.39 is 0 Å². The highest BCUT2D eigenvalue weighted by Gasteiger charge is 2.00. The molecule has 74 valence electrons. The highest BCUT2D eigenvalue weighted by molar-refractivity contribution is 5.73. The Hall–Kier alpha value is -1.64. The summed E-state index contributed by atoms with van der Waals surface area (Å²) in [6.07, 6.45) is 3.60. The fourth-order valence-corrected chi connectivity index (χ4v) is 1.53. The summed E-state index contributed by atoms with van der Waals surface area (Å²) in [5.41, 5.74) is 1.70. The van der Waals surface area contributed by atoms with Crippen LogP contribution in [0, 0.1) is 0 Å².